The summed E-state index contributed by atoms with van der Waals surface area (Å²) in [7, 11) is 0. The van der Waals surface area contributed by atoms with Crippen molar-refractivity contribution >= 4 is 11.8 Å². The molecule has 1 saturated heterocycles. The fraction of sp³-hybridized carbons (Fsp3) is 0.467. The van der Waals surface area contributed by atoms with Crippen LogP contribution in [0.15, 0.2) is 24.3 Å². The lowest BCUT2D eigenvalue weighted by atomic mass is 10.1. The fourth-order valence-electron chi connectivity index (χ4n) is 2.12. The molecule has 1 aliphatic heterocycles. The Balaban J connectivity index is 2.07. The maximum absolute atomic E-state index is 5.44. The van der Waals surface area contributed by atoms with Crippen molar-refractivity contribution in [2.45, 2.75) is 13.0 Å². The van der Waals surface area contributed by atoms with Crippen molar-refractivity contribution in [2.75, 3.05) is 31.1 Å². The van der Waals surface area contributed by atoms with E-state index in [0.717, 1.165) is 12.1 Å². The van der Waals surface area contributed by atoms with E-state index in [2.05, 4.69) is 46.7 Å². The van der Waals surface area contributed by atoms with Gasteiger partial charge in [-0.25, -0.2) is 0 Å². The van der Waals surface area contributed by atoms with Crippen LogP contribution in [0.3, 0.4) is 0 Å². The molecule has 2 nitrogen and oxygen atoms in total. The third-order valence-corrected chi connectivity index (χ3v) is 4.10. The third kappa shape index (κ3) is 4.06. The first-order chi connectivity index (χ1) is 8.90. The quantitative estimate of drug-likeness (QED) is 0.824. The number of rotatable bonds is 2. The number of nitrogens with zero attached hydrogens (tertiary/aromatic N) is 1. The van der Waals surface area contributed by atoms with E-state index in [0.29, 0.717) is 6.54 Å². The summed E-state index contributed by atoms with van der Waals surface area (Å²) in [4.78, 5) is 2.53. The van der Waals surface area contributed by atoms with Crippen LogP contribution in [0.25, 0.3) is 0 Å². The van der Waals surface area contributed by atoms with Gasteiger partial charge in [-0.1, -0.05) is 30.0 Å². The van der Waals surface area contributed by atoms with Crippen LogP contribution in [0.1, 0.15) is 17.5 Å². The minimum absolute atomic E-state index is 0.425. The van der Waals surface area contributed by atoms with Gasteiger partial charge in [0.05, 0.1) is 6.54 Å². The molecule has 2 rings (SSSR count). The molecule has 0 radical (unpaired) electrons. The molecule has 1 aliphatic rings. The van der Waals surface area contributed by atoms with Crippen LogP contribution in [-0.2, 0) is 6.54 Å². The van der Waals surface area contributed by atoms with Crippen molar-refractivity contribution in [2.24, 2.45) is 5.73 Å². The molecule has 0 amide bonds. The molecular formula is C15H20N2S. The number of thioether (sulfide) groups is 1. The van der Waals surface area contributed by atoms with Crippen molar-refractivity contribution in [3.8, 4) is 11.8 Å². The third-order valence-electron chi connectivity index (χ3n) is 3.05. The fourth-order valence-corrected chi connectivity index (χ4v) is 3.05. The Morgan fingerprint density at radius 2 is 2.11 bits per heavy atom. The Labute approximate surface area is 114 Å². The number of nitrogens with two attached hydrogens (primary N) is 1. The lowest BCUT2D eigenvalue weighted by Gasteiger charge is -2.20. The molecule has 0 spiro atoms. The van der Waals surface area contributed by atoms with E-state index in [9.17, 15) is 0 Å². The number of hydrogen-bond acceptors (Lipinski definition) is 3. The molecule has 0 atom stereocenters. The van der Waals surface area contributed by atoms with Crippen LogP contribution in [0.5, 0.6) is 0 Å². The van der Waals surface area contributed by atoms with Crippen molar-refractivity contribution in [3.63, 3.8) is 0 Å². The van der Waals surface area contributed by atoms with E-state index in [1.54, 1.807) is 0 Å². The van der Waals surface area contributed by atoms with Gasteiger partial charge in [-0.2, -0.15) is 11.8 Å². The minimum Gasteiger partial charge on any atom is -0.320 e. The molecule has 3 heteroatoms. The summed E-state index contributed by atoms with van der Waals surface area (Å²) in [6.45, 7) is 3.82. The zero-order valence-corrected chi connectivity index (χ0v) is 11.5. The Hall–Kier alpha value is -0.950. The zero-order chi connectivity index (χ0) is 12.6. The molecule has 0 unspecified atom stereocenters. The summed E-state index contributed by atoms with van der Waals surface area (Å²) in [5.74, 6) is 8.66. The first kappa shape index (κ1) is 13.5. The van der Waals surface area contributed by atoms with Crippen molar-refractivity contribution in [3.05, 3.63) is 35.4 Å². The molecule has 1 fully saturated rings. The van der Waals surface area contributed by atoms with Crippen molar-refractivity contribution < 1.29 is 0 Å². The molecule has 0 bridgehead atoms. The van der Waals surface area contributed by atoms with Crippen LogP contribution < -0.4 is 5.73 Å². The SMILES string of the molecule is NCC#Cc1ccccc1CN1CCCSCC1. The zero-order valence-electron chi connectivity index (χ0n) is 10.7. The first-order valence-electron chi connectivity index (χ1n) is 6.47. The van der Waals surface area contributed by atoms with Gasteiger partial charge in [-0.3, -0.25) is 4.90 Å². The number of hydrogen-bond donors (Lipinski definition) is 1. The van der Waals surface area contributed by atoms with Gasteiger partial charge in [0.2, 0.25) is 0 Å². The van der Waals surface area contributed by atoms with Gasteiger partial charge >= 0.3 is 0 Å². The van der Waals surface area contributed by atoms with Crippen molar-refractivity contribution in [1.82, 2.24) is 4.90 Å². The topological polar surface area (TPSA) is 29.3 Å². The lowest BCUT2D eigenvalue weighted by molar-refractivity contribution is 0.287. The summed E-state index contributed by atoms with van der Waals surface area (Å²) in [5.41, 5.74) is 7.89. The Morgan fingerprint density at radius 3 is 3.00 bits per heavy atom. The highest BCUT2D eigenvalue weighted by molar-refractivity contribution is 7.99. The second-order valence-corrected chi connectivity index (χ2v) is 5.63. The predicted molar refractivity (Wildman–Crippen MR) is 79.6 cm³/mol. The van der Waals surface area contributed by atoms with E-state index < -0.39 is 0 Å². The van der Waals surface area contributed by atoms with Gasteiger partial charge in [0, 0.05) is 24.4 Å². The van der Waals surface area contributed by atoms with E-state index in [4.69, 9.17) is 5.73 Å². The van der Waals surface area contributed by atoms with Gasteiger partial charge in [-0.15, -0.1) is 0 Å². The second kappa shape index (κ2) is 7.48. The second-order valence-electron chi connectivity index (χ2n) is 4.41. The molecule has 0 aliphatic carbocycles. The van der Waals surface area contributed by atoms with Gasteiger partial charge in [0.25, 0.3) is 0 Å². The maximum atomic E-state index is 5.44. The maximum Gasteiger partial charge on any atom is 0.0555 e. The molecule has 18 heavy (non-hydrogen) atoms. The monoisotopic (exact) mass is 260 g/mol. The average molecular weight is 260 g/mol. The highest BCUT2D eigenvalue weighted by atomic mass is 32.2. The smallest absolute Gasteiger partial charge is 0.0555 e. The summed E-state index contributed by atoms with van der Waals surface area (Å²) in [6, 6.07) is 8.40. The standard InChI is InChI=1S/C15H20N2S/c16-8-3-7-14-5-1-2-6-15(14)13-17-9-4-11-18-12-10-17/h1-2,5-6H,4,8-13,16H2. The Morgan fingerprint density at radius 1 is 1.22 bits per heavy atom. The van der Waals surface area contributed by atoms with E-state index in [1.165, 1.54) is 36.6 Å². The van der Waals surface area contributed by atoms with Gasteiger partial charge in [0.15, 0.2) is 0 Å². The summed E-state index contributed by atoms with van der Waals surface area (Å²) < 4.78 is 0. The largest absolute Gasteiger partial charge is 0.320 e. The molecule has 2 N–H and O–H groups in total. The van der Waals surface area contributed by atoms with Crippen LogP contribution in [0.2, 0.25) is 0 Å². The van der Waals surface area contributed by atoms with Crippen LogP contribution in [0.4, 0.5) is 0 Å². The minimum atomic E-state index is 0.425. The highest BCUT2D eigenvalue weighted by Crippen LogP contribution is 2.15. The molecular weight excluding hydrogens is 240 g/mol. The van der Waals surface area contributed by atoms with Gasteiger partial charge < -0.3 is 5.73 Å². The average Bonchev–Trinajstić information content (AvgIpc) is 2.66. The number of benzene rings is 1. The lowest BCUT2D eigenvalue weighted by Crippen LogP contribution is -2.25. The van der Waals surface area contributed by atoms with E-state index in [1.807, 2.05) is 6.07 Å². The van der Waals surface area contributed by atoms with Crippen LogP contribution in [-0.4, -0.2) is 36.0 Å². The van der Waals surface area contributed by atoms with Crippen molar-refractivity contribution in [1.29, 1.82) is 0 Å². The Kier molecular flexibility index (Phi) is 5.60. The normalized spacial score (nSPS) is 16.7. The van der Waals surface area contributed by atoms with E-state index >= 15 is 0 Å². The highest BCUT2D eigenvalue weighted by Gasteiger charge is 2.10. The van der Waals surface area contributed by atoms with Crippen LogP contribution in [0, 0.1) is 11.8 Å². The molecule has 1 heterocycles. The first-order valence-corrected chi connectivity index (χ1v) is 7.62. The molecule has 96 valence electrons. The predicted octanol–water partition coefficient (Wildman–Crippen LogP) is 1.94. The molecule has 1 aromatic rings. The summed E-state index contributed by atoms with van der Waals surface area (Å²) in [6.07, 6.45) is 1.29. The summed E-state index contributed by atoms with van der Waals surface area (Å²) >= 11 is 2.06. The van der Waals surface area contributed by atoms with Gasteiger partial charge in [-0.05, 0) is 30.3 Å². The van der Waals surface area contributed by atoms with Gasteiger partial charge in [0.1, 0.15) is 0 Å². The molecule has 0 saturated carbocycles. The van der Waals surface area contributed by atoms with Crippen LogP contribution >= 0.6 is 11.8 Å². The van der Waals surface area contributed by atoms with E-state index in [-0.39, 0.29) is 0 Å². The summed E-state index contributed by atoms with van der Waals surface area (Å²) in [5, 5.41) is 0. The molecule has 1 aromatic carbocycles. The Bertz CT molecular complexity index is 426. The molecule has 0 aromatic heterocycles.